The summed E-state index contributed by atoms with van der Waals surface area (Å²) in [4.78, 5) is 11.1. The van der Waals surface area contributed by atoms with Gasteiger partial charge in [0.05, 0.1) is 0 Å². The molecule has 0 aromatic rings. The minimum atomic E-state index is 0.0191. The van der Waals surface area contributed by atoms with Crippen LogP contribution in [0.15, 0.2) is 0 Å². The lowest BCUT2D eigenvalue weighted by atomic mass is 10.1. The molecular formula is C9H16N2O. The molecule has 0 aliphatic heterocycles. The van der Waals surface area contributed by atoms with Gasteiger partial charge in [0.25, 0.3) is 0 Å². The first-order valence-corrected chi connectivity index (χ1v) is 4.72. The lowest BCUT2D eigenvalue weighted by Gasteiger charge is -2.10. The Morgan fingerprint density at radius 1 is 1.50 bits per heavy atom. The third-order valence-electron chi connectivity index (χ3n) is 2.69. The highest BCUT2D eigenvalue weighted by atomic mass is 16.2. The minimum absolute atomic E-state index is 0.0191. The molecule has 0 aromatic heterocycles. The first-order valence-electron chi connectivity index (χ1n) is 4.72. The van der Waals surface area contributed by atoms with Gasteiger partial charge in [-0.15, -0.1) is 0 Å². The number of rotatable bonds is 3. The van der Waals surface area contributed by atoms with Crippen LogP contribution in [-0.4, -0.2) is 18.6 Å². The lowest BCUT2D eigenvalue weighted by Crippen LogP contribution is -2.39. The van der Waals surface area contributed by atoms with E-state index in [-0.39, 0.29) is 6.03 Å². The molecule has 2 amide bonds. The van der Waals surface area contributed by atoms with Crippen LogP contribution < -0.4 is 10.6 Å². The predicted octanol–water partition coefficient (Wildman–Crippen LogP) is 1.25. The fourth-order valence-corrected chi connectivity index (χ4v) is 1.15. The maximum absolute atomic E-state index is 11.1. The third kappa shape index (κ3) is 2.13. The number of amides is 2. The van der Waals surface area contributed by atoms with Crippen LogP contribution in [0, 0.1) is 5.41 Å². The van der Waals surface area contributed by atoms with Crippen LogP contribution in [0.1, 0.15) is 32.6 Å². The quantitative estimate of drug-likeness (QED) is 0.654. The van der Waals surface area contributed by atoms with Gasteiger partial charge in [-0.25, -0.2) is 4.79 Å². The maximum atomic E-state index is 11.1. The molecule has 2 aliphatic rings. The summed E-state index contributed by atoms with van der Waals surface area (Å²) < 4.78 is 0. The first-order chi connectivity index (χ1) is 5.68. The molecule has 0 spiro atoms. The van der Waals surface area contributed by atoms with Crippen molar-refractivity contribution in [1.82, 2.24) is 10.6 Å². The van der Waals surface area contributed by atoms with Gasteiger partial charge >= 0.3 is 6.03 Å². The molecule has 0 bridgehead atoms. The van der Waals surface area contributed by atoms with Crippen LogP contribution in [0.3, 0.4) is 0 Å². The SMILES string of the molecule is CC1(CNC(=O)NC2CC2)CC1. The second kappa shape index (κ2) is 2.64. The molecule has 2 N–H and O–H groups in total. The number of carbonyl (C=O) groups is 1. The van der Waals surface area contributed by atoms with Gasteiger partial charge in [0.2, 0.25) is 0 Å². The summed E-state index contributed by atoms with van der Waals surface area (Å²) in [6.07, 6.45) is 4.84. The monoisotopic (exact) mass is 168 g/mol. The number of hydrogen-bond donors (Lipinski definition) is 2. The van der Waals surface area contributed by atoms with Crippen LogP contribution in [-0.2, 0) is 0 Å². The average molecular weight is 168 g/mol. The molecular weight excluding hydrogens is 152 g/mol. The molecule has 3 nitrogen and oxygen atoms in total. The third-order valence-corrected chi connectivity index (χ3v) is 2.69. The maximum Gasteiger partial charge on any atom is 0.315 e. The highest BCUT2D eigenvalue weighted by molar-refractivity contribution is 5.74. The Morgan fingerprint density at radius 2 is 2.17 bits per heavy atom. The van der Waals surface area contributed by atoms with Crippen molar-refractivity contribution in [1.29, 1.82) is 0 Å². The van der Waals surface area contributed by atoms with E-state index in [1.807, 2.05) is 0 Å². The van der Waals surface area contributed by atoms with Gasteiger partial charge in [-0.1, -0.05) is 6.92 Å². The molecule has 2 aliphatic carbocycles. The summed E-state index contributed by atoms with van der Waals surface area (Å²) in [5.74, 6) is 0. The number of hydrogen-bond acceptors (Lipinski definition) is 1. The summed E-state index contributed by atoms with van der Waals surface area (Å²) >= 11 is 0. The molecule has 2 rings (SSSR count). The normalized spacial score (nSPS) is 24.8. The molecule has 12 heavy (non-hydrogen) atoms. The van der Waals surface area contributed by atoms with E-state index in [0.29, 0.717) is 11.5 Å². The van der Waals surface area contributed by atoms with E-state index < -0.39 is 0 Å². The molecule has 68 valence electrons. The van der Waals surface area contributed by atoms with Crippen molar-refractivity contribution in [2.75, 3.05) is 6.54 Å². The van der Waals surface area contributed by atoms with E-state index in [9.17, 15) is 4.79 Å². The van der Waals surface area contributed by atoms with Gasteiger partial charge in [-0.05, 0) is 31.1 Å². The number of carbonyl (C=O) groups excluding carboxylic acids is 1. The fraction of sp³-hybridized carbons (Fsp3) is 0.889. The molecule has 0 saturated heterocycles. The van der Waals surface area contributed by atoms with Crippen LogP contribution >= 0.6 is 0 Å². The summed E-state index contributed by atoms with van der Waals surface area (Å²) in [6, 6.07) is 0.489. The zero-order valence-electron chi connectivity index (χ0n) is 7.52. The van der Waals surface area contributed by atoms with Gasteiger partial charge in [-0.3, -0.25) is 0 Å². The van der Waals surface area contributed by atoms with Gasteiger partial charge in [-0.2, -0.15) is 0 Å². The van der Waals surface area contributed by atoms with Crippen molar-refractivity contribution < 1.29 is 4.79 Å². The number of nitrogens with one attached hydrogen (secondary N) is 2. The van der Waals surface area contributed by atoms with Crippen molar-refractivity contribution in [3.8, 4) is 0 Å². The molecule has 2 fully saturated rings. The minimum Gasteiger partial charge on any atom is -0.338 e. The molecule has 0 unspecified atom stereocenters. The Hall–Kier alpha value is -0.730. The zero-order chi connectivity index (χ0) is 8.60. The van der Waals surface area contributed by atoms with Crippen LogP contribution in [0.2, 0.25) is 0 Å². The lowest BCUT2D eigenvalue weighted by molar-refractivity contribution is 0.238. The van der Waals surface area contributed by atoms with E-state index in [0.717, 1.165) is 19.4 Å². The van der Waals surface area contributed by atoms with E-state index >= 15 is 0 Å². The van der Waals surface area contributed by atoms with Crippen molar-refractivity contribution >= 4 is 6.03 Å². The summed E-state index contributed by atoms with van der Waals surface area (Å²) in [7, 11) is 0. The second-order valence-electron chi connectivity index (χ2n) is 4.41. The Balaban J connectivity index is 1.61. The average Bonchev–Trinajstić information content (AvgIpc) is 2.87. The van der Waals surface area contributed by atoms with E-state index in [1.54, 1.807) is 0 Å². The highest BCUT2D eigenvalue weighted by Gasteiger charge is 2.37. The second-order valence-corrected chi connectivity index (χ2v) is 4.41. The van der Waals surface area contributed by atoms with E-state index in [2.05, 4.69) is 17.6 Å². The molecule has 3 heteroatoms. The van der Waals surface area contributed by atoms with Gasteiger partial charge in [0, 0.05) is 12.6 Å². The Morgan fingerprint density at radius 3 is 2.67 bits per heavy atom. The molecule has 0 aromatic carbocycles. The molecule has 0 heterocycles. The van der Waals surface area contributed by atoms with Crippen molar-refractivity contribution in [3.63, 3.8) is 0 Å². The topological polar surface area (TPSA) is 41.1 Å². The smallest absolute Gasteiger partial charge is 0.315 e. The van der Waals surface area contributed by atoms with Crippen LogP contribution in [0.4, 0.5) is 4.79 Å². The summed E-state index contributed by atoms with van der Waals surface area (Å²) in [6.45, 7) is 3.05. The Labute approximate surface area is 72.9 Å². The van der Waals surface area contributed by atoms with Crippen molar-refractivity contribution in [2.45, 2.75) is 38.6 Å². The summed E-state index contributed by atoms with van der Waals surface area (Å²) in [5, 5.41) is 5.81. The van der Waals surface area contributed by atoms with Gasteiger partial charge in [0.15, 0.2) is 0 Å². The van der Waals surface area contributed by atoms with Gasteiger partial charge < -0.3 is 10.6 Å². The van der Waals surface area contributed by atoms with Crippen LogP contribution in [0.5, 0.6) is 0 Å². The fourth-order valence-electron chi connectivity index (χ4n) is 1.15. The van der Waals surface area contributed by atoms with Gasteiger partial charge in [0.1, 0.15) is 0 Å². The zero-order valence-corrected chi connectivity index (χ0v) is 7.52. The first kappa shape index (κ1) is 7.90. The van der Waals surface area contributed by atoms with Crippen LogP contribution in [0.25, 0.3) is 0 Å². The summed E-state index contributed by atoms with van der Waals surface area (Å²) in [5.41, 5.74) is 0.418. The Kier molecular flexibility index (Phi) is 1.74. The standard InChI is InChI=1S/C9H16N2O/c1-9(4-5-9)6-10-8(12)11-7-2-3-7/h7H,2-6H2,1H3,(H2,10,11,12). The number of urea groups is 1. The van der Waals surface area contributed by atoms with Crippen molar-refractivity contribution in [2.24, 2.45) is 5.41 Å². The Bertz CT molecular complexity index is 195. The molecule has 2 saturated carbocycles. The van der Waals surface area contributed by atoms with E-state index in [1.165, 1.54) is 12.8 Å². The molecule has 0 radical (unpaired) electrons. The van der Waals surface area contributed by atoms with Crippen molar-refractivity contribution in [3.05, 3.63) is 0 Å². The predicted molar refractivity (Wildman–Crippen MR) is 46.9 cm³/mol. The van der Waals surface area contributed by atoms with E-state index in [4.69, 9.17) is 0 Å². The largest absolute Gasteiger partial charge is 0.338 e. The molecule has 0 atom stereocenters. The highest BCUT2D eigenvalue weighted by Crippen LogP contribution is 2.43.